The summed E-state index contributed by atoms with van der Waals surface area (Å²) in [5.74, 6) is 1.59. The largest absolute Gasteiger partial charge is 0.342 e. The van der Waals surface area contributed by atoms with Crippen molar-refractivity contribution in [1.82, 2.24) is 30.0 Å². The average Bonchev–Trinajstić information content (AvgIpc) is 3.37. The Hall–Kier alpha value is -2.83. The summed E-state index contributed by atoms with van der Waals surface area (Å²) in [4.78, 5) is 22.4. The summed E-state index contributed by atoms with van der Waals surface area (Å²) in [5, 5.41) is 7.30. The number of carbonyl (C=O) groups is 1. The van der Waals surface area contributed by atoms with E-state index in [0.29, 0.717) is 18.9 Å². The summed E-state index contributed by atoms with van der Waals surface area (Å²) in [7, 11) is 0. The van der Waals surface area contributed by atoms with Gasteiger partial charge in [0, 0.05) is 45.0 Å². The lowest BCUT2D eigenvalue weighted by Gasteiger charge is -2.32. The van der Waals surface area contributed by atoms with Crippen LogP contribution in [0.15, 0.2) is 36.7 Å². The molecule has 2 aromatic heterocycles. The molecule has 0 bridgehead atoms. The zero-order valence-corrected chi connectivity index (χ0v) is 16.4. The number of aromatic nitrogens is 4. The SMILES string of the molecule is Cc1cccc2[nH]c(CCNC(=O)N3CCC(CCn4cccn4)CC3)nc12. The Morgan fingerprint density at radius 3 is 2.89 bits per heavy atom. The Labute approximate surface area is 165 Å². The van der Waals surface area contributed by atoms with Crippen LogP contribution in [0.1, 0.15) is 30.7 Å². The molecule has 148 valence electrons. The Morgan fingerprint density at radius 1 is 1.29 bits per heavy atom. The third kappa shape index (κ3) is 4.35. The number of hydrogen-bond donors (Lipinski definition) is 2. The summed E-state index contributed by atoms with van der Waals surface area (Å²) in [6.45, 7) is 5.28. The molecular formula is C21H28N6O. The van der Waals surface area contributed by atoms with Crippen LogP contribution in [0.5, 0.6) is 0 Å². The molecule has 1 fully saturated rings. The number of aromatic amines is 1. The van der Waals surface area contributed by atoms with E-state index in [1.807, 2.05) is 40.2 Å². The van der Waals surface area contributed by atoms with Crippen molar-refractivity contribution in [3.8, 4) is 0 Å². The van der Waals surface area contributed by atoms with Crippen molar-refractivity contribution < 1.29 is 4.79 Å². The van der Waals surface area contributed by atoms with Gasteiger partial charge in [-0.1, -0.05) is 12.1 Å². The quantitative estimate of drug-likeness (QED) is 0.690. The molecule has 0 atom stereocenters. The molecule has 0 saturated carbocycles. The molecule has 7 nitrogen and oxygen atoms in total. The van der Waals surface area contributed by atoms with Gasteiger partial charge in [-0.3, -0.25) is 4.68 Å². The highest BCUT2D eigenvalue weighted by Crippen LogP contribution is 2.21. The average molecular weight is 380 g/mol. The number of aryl methyl sites for hydroxylation is 2. The molecule has 0 spiro atoms. The van der Waals surface area contributed by atoms with E-state index in [9.17, 15) is 4.79 Å². The van der Waals surface area contributed by atoms with E-state index in [4.69, 9.17) is 0 Å². The number of rotatable bonds is 6. The molecule has 4 rings (SSSR count). The first-order valence-corrected chi connectivity index (χ1v) is 10.1. The molecule has 2 amide bonds. The molecule has 1 aromatic carbocycles. The fourth-order valence-corrected chi connectivity index (χ4v) is 3.92. The highest BCUT2D eigenvalue weighted by Gasteiger charge is 2.22. The predicted molar refractivity (Wildman–Crippen MR) is 109 cm³/mol. The van der Waals surface area contributed by atoms with Gasteiger partial charge in [0.25, 0.3) is 0 Å². The number of piperidine rings is 1. The van der Waals surface area contributed by atoms with Crippen LogP contribution in [-0.4, -0.2) is 50.3 Å². The van der Waals surface area contributed by atoms with Gasteiger partial charge in [0.05, 0.1) is 11.0 Å². The second-order valence-electron chi connectivity index (χ2n) is 7.62. The van der Waals surface area contributed by atoms with E-state index in [2.05, 4.69) is 33.4 Å². The van der Waals surface area contributed by atoms with Gasteiger partial charge in [-0.25, -0.2) is 9.78 Å². The van der Waals surface area contributed by atoms with Crippen LogP contribution in [0.25, 0.3) is 11.0 Å². The summed E-state index contributed by atoms with van der Waals surface area (Å²) >= 11 is 0. The van der Waals surface area contributed by atoms with Crippen molar-refractivity contribution >= 4 is 17.1 Å². The number of nitrogens with zero attached hydrogens (tertiary/aromatic N) is 4. The van der Waals surface area contributed by atoms with E-state index in [0.717, 1.165) is 55.8 Å². The lowest BCUT2D eigenvalue weighted by molar-refractivity contribution is 0.166. The van der Waals surface area contributed by atoms with Crippen molar-refractivity contribution in [3.05, 3.63) is 48.0 Å². The van der Waals surface area contributed by atoms with Crippen molar-refractivity contribution in [2.75, 3.05) is 19.6 Å². The zero-order valence-electron chi connectivity index (χ0n) is 16.4. The van der Waals surface area contributed by atoms with Crippen LogP contribution in [0.3, 0.4) is 0 Å². The Bertz CT molecular complexity index is 908. The third-order valence-corrected chi connectivity index (χ3v) is 5.63. The van der Waals surface area contributed by atoms with Crippen molar-refractivity contribution in [2.45, 2.75) is 39.2 Å². The molecule has 28 heavy (non-hydrogen) atoms. The monoisotopic (exact) mass is 380 g/mol. The topological polar surface area (TPSA) is 78.8 Å². The number of likely N-dealkylation sites (tertiary alicyclic amines) is 1. The molecule has 0 radical (unpaired) electrons. The number of imidazole rings is 1. The van der Waals surface area contributed by atoms with Crippen molar-refractivity contribution in [2.24, 2.45) is 5.92 Å². The Balaban J connectivity index is 1.18. The minimum absolute atomic E-state index is 0.0396. The number of urea groups is 1. The second-order valence-corrected chi connectivity index (χ2v) is 7.62. The smallest absolute Gasteiger partial charge is 0.317 e. The number of H-pyrrole nitrogens is 1. The third-order valence-electron chi connectivity index (χ3n) is 5.63. The highest BCUT2D eigenvalue weighted by molar-refractivity contribution is 5.78. The van der Waals surface area contributed by atoms with Crippen LogP contribution >= 0.6 is 0 Å². The molecule has 1 aliphatic rings. The molecule has 1 aliphatic heterocycles. The second kappa shape index (κ2) is 8.46. The highest BCUT2D eigenvalue weighted by atomic mass is 16.2. The van der Waals surface area contributed by atoms with Gasteiger partial charge in [-0.05, 0) is 49.8 Å². The maximum absolute atomic E-state index is 12.4. The first-order chi connectivity index (χ1) is 13.7. The molecule has 3 aromatic rings. The number of amides is 2. The van der Waals surface area contributed by atoms with Gasteiger partial charge in [0.15, 0.2) is 0 Å². The molecule has 7 heteroatoms. The summed E-state index contributed by atoms with van der Waals surface area (Å²) in [6, 6.07) is 8.12. The van der Waals surface area contributed by atoms with Gasteiger partial charge in [-0.2, -0.15) is 5.10 Å². The number of para-hydroxylation sites is 1. The summed E-state index contributed by atoms with van der Waals surface area (Å²) < 4.78 is 1.98. The predicted octanol–water partition coefficient (Wildman–Crippen LogP) is 3.12. The number of benzene rings is 1. The van der Waals surface area contributed by atoms with Crippen molar-refractivity contribution in [3.63, 3.8) is 0 Å². The lowest BCUT2D eigenvalue weighted by Crippen LogP contribution is -2.45. The normalized spacial score (nSPS) is 15.2. The van der Waals surface area contributed by atoms with Gasteiger partial charge >= 0.3 is 6.03 Å². The van der Waals surface area contributed by atoms with Crippen LogP contribution < -0.4 is 5.32 Å². The summed E-state index contributed by atoms with van der Waals surface area (Å²) in [5.41, 5.74) is 3.24. The van der Waals surface area contributed by atoms with E-state index in [-0.39, 0.29) is 6.03 Å². The van der Waals surface area contributed by atoms with Crippen LogP contribution in [0.4, 0.5) is 4.79 Å². The molecule has 2 N–H and O–H groups in total. The van der Waals surface area contributed by atoms with Gasteiger partial charge in [0.1, 0.15) is 5.82 Å². The minimum Gasteiger partial charge on any atom is -0.342 e. The first-order valence-electron chi connectivity index (χ1n) is 10.1. The summed E-state index contributed by atoms with van der Waals surface area (Å²) in [6.07, 6.45) is 7.79. The van der Waals surface area contributed by atoms with Gasteiger partial charge < -0.3 is 15.2 Å². The van der Waals surface area contributed by atoms with E-state index >= 15 is 0 Å². The maximum atomic E-state index is 12.4. The first kappa shape index (κ1) is 18.5. The van der Waals surface area contributed by atoms with E-state index in [1.54, 1.807) is 0 Å². The maximum Gasteiger partial charge on any atom is 0.317 e. The molecule has 1 saturated heterocycles. The molecular weight excluding hydrogens is 352 g/mol. The number of carbonyl (C=O) groups excluding carboxylic acids is 1. The van der Waals surface area contributed by atoms with Crippen molar-refractivity contribution in [1.29, 1.82) is 0 Å². The Morgan fingerprint density at radius 2 is 2.14 bits per heavy atom. The Kier molecular flexibility index (Phi) is 5.60. The molecule has 0 unspecified atom stereocenters. The standard InChI is InChI=1S/C21H28N6O/c1-16-4-2-5-18-20(16)25-19(24-18)6-11-22-21(28)26-13-7-17(8-14-26)9-15-27-12-3-10-23-27/h2-5,10,12,17H,6-9,11,13-15H2,1H3,(H,22,28)(H,24,25). The van der Waals surface area contributed by atoms with Crippen LogP contribution in [0, 0.1) is 12.8 Å². The van der Waals surface area contributed by atoms with Crippen LogP contribution in [0.2, 0.25) is 0 Å². The van der Waals surface area contributed by atoms with Gasteiger partial charge in [-0.15, -0.1) is 0 Å². The molecule has 3 heterocycles. The van der Waals surface area contributed by atoms with E-state index < -0.39 is 0 Å². The fraction of sp³-hybridized carbons (Fsp3) is 0.476. The van der Waals surface area contributed by atoms with Crippen LogP contribution in [-0.2, 0) is 13.0 Å². The number of nitrogens with one attached hydrogen (secondary N) is 2. The minimum atomic E-state index is 0.0396. The zero-order chi connectivity index (χ0) is 19.3. The molecule has 0 aliphatic carbocycles. The van der Waals surface area contributed by atoms with Gasteiger partial charge in [0.2, 0.25) is 0 Å². The fourth-order valence-electron chi connectivity index (χ4n) is 3.92. The lowest BCUT2D eigenvalue weighted by atomic mass is 9.94. The number of fused-ring (bicyclic) bond motifs is 1. The van der Waals surface area contributed by atoms with E-state index in [1.165, 1.54) is 5.56 Å². The number of hydrogen-bond acceptors (Lipinski definition) is 3.